The van der Waals surface area contributed by atoms with Crippen molar-refractivity contribution in [2.75, 3.05) is 36.0 Å². The van der Waals surface area contributed by atoms with E-state index in [1.54, 1.807) is 0 Å². The fraction of sp³-hybridized carbons (Fsp3) is 0.200. The van der Waals surface area contributed by atoms with Crippen LogP contribution >= 0.6 is 0 Å². The van der Waals surface area contributed by atoms with Crippen molar-refractivity contribution < 1.29 is 0 Å². The molecule has 4 nitrogen and oxygen atoms in total. The van der Waals surface area contributed by atoms with E-state index >= 15 is 0 Å². The fourth-order valence-corrected chi connectivity index (χ4v) is 3.07. The highest BCUT2D eigenvalue weighted by molar-refractivity contribution is 5.60. The molecule has 2 heterocycles. The highest BCUT2D eigenvalue weighted by atomic mass is 15.3. The summed E-state index contributed by atoms with van der Waals surface area (Å²) in [7, 11) is 0. The Kier molecular flexibility index (Phi) is 4.11. The van der Waals surface area contributed by atoms with Crippen molar-refractivity contribution in [2.45, 2.75) is 0 Å². The van der Waals surface area contributed by atoms with Crippen LogP contribution in [0.5, 0.6) is 0 Å². The maximum atomic E-state index is 4.76. The van der Waals surface area contributed by atoms with Gasteiger partial charge in [0, 0.05) is 43.6 Å². The second-order valence-electron chi connectivity index (χ2n) is 5.92. The van der Waals surface area contributed by atoms with Crippen molar-refractivity contribution >= 4 is 11.6 Å². The summed E-state index contributed by atoms with van der Waals surface area (Å²) in [6.07, 6.45) is 1.86. The second kappa shape index (κ2) is 6.71. The topological polar surface area (TPSA) is 32.3 Å². The molecule has 1 saturated heterocycles. The normalized spacial score (nSPS) is 14.7. The number of para-hydroxylation sites is 1. The number of hydrogen-bond acceptors (Lipinski definition) is 4. The molecule has 0 N–H and O–H groups in total. The predicted molar refractivity (Wildman–Crippen MR) is 98.3 cm³/mol. The lowest BCUT2D eigenvalue weighted by atomic mass is 10.1. The van der Waals surface area contributed by atoms with Gasteiger partial charge in [0.15, 0.2) is 0 Å². The van der Waals surface area contributed by atoms with Gasteiger partial charge in [-0.2, -0.15) is 0 Å². The number of nitrogens with zero attached hydrogens (tertiary/aromatic N) is 4. The van der Waals surface area contributed by atoms with E-state index in [1.807, 2.05) is 30.5 Å². The molecule has 2 aromatic carbocycles. The number of rotatable bonds is 3. The van der Waals surface area contributed by atoms with Gasteiger partial charge in [-0.15, -0.1) is 0 Å². The number of piperazine rings is 1. The Labute approximate surface area is 142 Å². The van der Waals surface area contributed by atoms with E-state index < -0.39 is 0 Å². The van der Waals surface area contributed by atoms with Crippen molar-refractivity contribution in [3.63, 3.8) is 0 Å². The molecule has 1 fully saturated rings. The summed E-state index contributed by atoms with van der Waals surface area (Å²) in [6, 6.07) is 22.8. The maximum Gasteiger partial charge on any atom is 0.225 e. The minimum atomic E-state index is 0.823. The van der Waals surface area contributed by atoms with E-state index in [9.17, 15) is 0 Å². The summed E-state index contributed by atoms with van der Waals surface area (Å²) in [5.41, 5.74) is 3.39. The molecular formula is C20H20N4. The van der Waals surface area contributed by atoms with E-state index in [4.69, 9.17) is 4.98 Å². The molecule has 0 radical (unpaired) electrons. The van der Waals surface area contributed by atoms with Crippen LogP contribution in [0.25, 0.3) is 11.3 Å². The van der Waals surface area contributed by atoms with Crippen molar-refractivity contribution in [2.24, 2.45) is 0 Å². The summed E-state index contributed by atoms with van der Waals surface area (Å²) in [5.74, 6) is 0.823. The van der Waals surface area contributed by atoms with Gasteiger partial charge in [-0.1, -0.05) is 48.5 Å². The number of anilines is 2. The minimum Gasteiger partial charge on any atom is -0.368 e. The molecule has 1 aliphatic heterocycles. The first-order chi connectivity index (χ1) is 11.9. The summed E-state index contributed by atoms with van der Waals surface area (Å²) in [5, 5.41) is 0. The van der Waals surface area contributed by atoms with Crippen molar-refractivity contribution in [3.05, 3.63) is 72.9 Å². The molecule has 1 aliphatic rings. The van der Waals surface area contributed by atoms with E-state index in [2.05, 4.69) is 57.2 Å². The summed E-state index contributed by atoms with van der Waals surface area (Å²) >= 11 is 0. The van der Waals surface area contributed by atoms with Crippen LogP contribution in [0.15, 0.2) is 72.9 Å². The Morgan fingerprint density at radius 1 is 0.667 bits per heavy atom. The van der Waals surface area contributed by atoms with Crippen molar-refractivity contribution in [3.8, 4) is 11.3 Å². The molecule has 3 aromatic rings. The average Bonchev–Trinajstić information content (AvgIpc) is 2.70. The van der Waals surface area contributed by atoms with Crippen LogP contribution in [-0.4, -0.2) is 36.1 Å². The van der Waals surface area contributed by atoms with E-state index in [1.165, 1.54) is 5.69 Å². The molecule has 4 heteroatoms. The Morgan fingerprint density at radius 2 is 1.29 bits per heavy atom. The second-order valence-corrected chi connectivity index (χ2v) is 5.92. The van der Waals surface area contributed by atoms with Gasteiger partial charge in [0.25, 0.3) is 0 Å². The van der Waals surface area contributed by atoms with Gasteiger partial charge in [0.1, 0.15) is 0 Å². The zero-order chi connectivity index (χ0) is 16.2. The Balaban J connectivity index is 1.48. The predicted octanol–water partition coefficient (Wildman–Crippen LogP) is 3.47. The van der Waals surface area contributed by atoms with Crippen LogP contribution in [0.2, 0.25) is 0 Å². The molecule has 0 spiro atoms. The van der Waals surface area contributed by atoms with Gasteiger partial charge in [0.05, 0.1) is 5.69 Å². The molecule has 0 atom stereocenters. The lowest BCUT2D eigenvalue weighted by Gasteiger charge is -2.36. The van der Waals surface area contributed by atoms with Gasteiger partial charge in [-0.05, 0) is 18.2 Å². The van der Waals surface area contributed by atoms with E-state index in [0.717, 1.165) is 43.4 Å². The van der Waals surface area contributed by atoms with Gasteiger partial charge < -0.3 is 9.80 Å². The number of aromatic nitrogens is 2. The lowest BCUT2D eigenvalue weighted by Crippen LogP contribution is -2.47. The third-order valence-corrected chi connectivity index (χ3v) is 4.40. The monoisotopic (exact) mass is 316 g/mol. The van der Waals surface area contributed by atoms with Crippen LogP contribution in [0.1, 0.15) is 0 Å². The fourth-order valence-electron chi connectivity index (χ4n) is 3.07. The van der Waals surface area contributed by atoms with Crippen molar-refractivity contribution in [1.82, 2.24) is 9.97 Å². The van der Waals surface area contributed by atoms with Crippen LogP contribution in [-0.2, 0) is 0 Å². The maximum absolute atomic E-state index is 4.76. The quantitative estimate of drug-likeness (QED) is 0.740. The van der Waals surface area contributed by atoms with E-state index in [-0.39, 0.29) is 0 Å². The standard InChI is InChI=1S/C20H20N4/c1-3-7-17(8-4-1)19-11-12-21-20(22-19)24-15-13-23(14-16-24)18-9-5-2-6-10-18/h1-12H,13-16H2. The molecular weight excluding hydrogens is 296 g/mol. The van der Waals surface area contributed by atoms with Crippen LogP contribution < -0.4 is 9.80 Å². The highest BCUT2D eigenvalue weighted by Crippen LogP contribution is 2.21. The smallest absolute Gasteiger partial charge is 0.225 e. The molecule has 0 aliphatic carbocycles. The molecule has 0 saturated carbocycles. The molecule has 0 amide bonds. The van der Waals surface area contributed by atoms with Gasteiger partial charge in [-0.25, -0.2) is 9.97 Å². The molecule has 120 valence electrons. The van der Waals surface area contributed by atoms with Crippen LogP contribution in [0, 0.1) is 0 Å². The Hall–Kier alpha value is -2.88. The highest BCUT2D eigenvalue weighted by Gasteiger charge is 2.19. The Bertz CT molecular complexity index is 781. The van der Waals surface area contributed by atoms with Crippen molar-refractivity contribution in [1.29, 1.82) is 0 Å². The Morgan fingerprint density at radius 3 is 2.00 bits per heavy atom. The third-order valence-electron chi connectivity index (χ3n) is 4.40. The van der Waals surface area contributed by atoms with Gasteiger partial charge in [-0.3, -0.25) is 0 Å². The number of hydrogen-bond donors (Lipinski definition) is 0. The SMILES string of the molecule is c1ccc(-c2ccnc(N3CCN(c4ccccc4)CC3)n2)cc1. The van der Waals surface area contributed by atoms with Gasteiger partial charge >= 0.3 is 0 Å². The molecule has 0 unspecified atom stereocenters. The molecule has 4 rings (SSSR count). The zero-order valence-electron chi connectivity index (χ0n) is 13.5. The van der Waals surface area contributed by atoms with Gasteiger partial charge in [0.2, 0.25) is 5.95 Å². The summed E-state index contributed by atoms with van der Waals surface area (Å²) in [4.78, 5) is 13.9. The third kappa shape index (κ3) is 3.08. The van der Waals surface area contributed by atoms with Crippen LogP contribution in [0.4, 0.5) is 11.6 Å². The average molecular weight is 316 g/mol. The van der Waals surface area contributed by atoms with Crippen LogP contribution in [0.3, 0.4) is 0 Å². The summed E-state index contributed by atoms with van der Waals surface area (Å²) in [6.45, 7) is 3.85. The first-order valence-corrected chi connectivity index (χ1v) is 8.33. The lowest BCUT2D eigenvalue weighted by molar-refractivity contribution is 0.640. The zero-order valence-corrected chi connectivity index (χ0v) is 13.5. The first-order valence-electron chi connectivity index (χ1n) is 8.33. The molecule has 24 heavy (non-hydrogen) atoms. The first kappa shape index (κ1) is 14.7. The molecule has 0 bridgehead atoms. The summed E-state index contributed by atoms with van der Waals surface area (Å²) < 4.78 is 0. The minimum absolute atomic E-state index is 0.823. The molecule has 1 aromatic heterocycles. The largest absolute Gasteiger partial charge is 0.368 e. The van der Waals surface area contributed by atoms with E-state index in [0.29, 0.717) is 0 Å². The number of benzene rings is 2.